The number of nitrogens with zero attached hydrogens (tertiary/aromatic N) is 2. The van der Waals surface area contributed by atoms with E-state index in [9.17, 15) is 9.90 Å². The molecular weight excluding hydrogens is 266 g/mol. The van der Waals surface area contributed by atoms with E-state index in [2.05, 4.69) is 15.0 Å². The van der Waals surface area contributed by atoms with Crippen molar-refractivity contribution in [2.75, 3.05) is 0 Å². The molecule has 108 valence electrons. The Morgan fingerprint density at radius 2 is 2.10 bits per heavy atom. The Balaban J connectivity index is 1.90. The fourth-order valence-electron chi connectivity index (χ4n) is 2.57. The number of carbonyl (C=O) groups is 1. The van der Waals surface area contributed by atoms with Gasteiger partial charge >= 0.3 is 0 Å². The van der Waals surface area contributed by atoms with Crippen LogP contribution in [-0.4, -0.2) is 27.1 Å². The predicted octanol–water partition coefficient (Wildman–Crippen LogP) is 3.47. The van der Waals surface area contributed by atoms with E-state index >= 15 is 0 Å². The van der Waals surface area contributed by atoms with Crippen LogP contribution in [0.4, 0.5) is 5.95 Å². The van der Waals surface area contributed by atoms with Crippen LogP contribution in [0.25, 0.3) is 11.0 Å². The third-order valence-corrected chi connectivity index (χ3v) is 3.59. The van der Waals surface area contributed by atoms with Crippen LogP contribution in [-0.2, 0) is 4.79 Å². The average molecular weight is 283 g/mol. The second-order valence-corrected chi connectivity index (χ2v) is 6.14. The maximum atomic E-state index is 12.1. The van der Waals surface area contributed by atoms with Crippen LogP contribution in [0, 0.1) is 5.41 Å². The fourth-order valence-corrected chi connectivity index (χ4v) is 2.57. The number of rotatable bonds is 2. The monoisotopic (exact) mass is 283 g/mol. The van der Waals surface area contributed by atoms with Crippen molar-refractivity contribution < 1.29 is 9.90 Å². The molecule has 0 aliphatic heterocycles. The molecule has 0 saturated heterocycles. The Kier molecular flexibility index (Phi) is 3.12. The summed E-state index contributed by atoms with van der Waals surface area (Å²) >= 11 is 0. The number of Topliss-reactive ketones (excluding diaryl/α,β-unsaturated/α-hetero) is 1. The first kappa shape index (κ1) is 13.5. The number of aromatic nitrogens is 2. The molecule has 0 spiro atoms. The van der Waals surface area contributed by atoms with E-state index in [1.54, 1.807) is 0 Å². The third kappa shape index (κ3) is 2.72. The van der Waals surface area contributed by atoms with Gasteiger partial charge in [-0.2, -0.15) is 0 Å². The van der Waals surface area contributed by atoms with Gasteiger partial charge in [-0.25, -0.2) is 9.98 Å². The minimum absolute atomic E-state index is 0.0800. The first-order chi connectivity index (χ1) is 9.94. The molecule has 0 fully saturated rings. The SMILES string of the molecule is CC1(C)CC(=O)C(C=Nc2nc3ccccc3[nH]2)=C(O)C1. The molecule has 1 aliphatic rings. The Bertz CT molecular complexity index is 736. The number of ketones is 1. The lowest BCUT2D eigenvalue weighted by atomic mass is 9.77. The Morgan fingerprint density at radius 3 is 2.81 bits per heavy atom. The lowest BCUT2D eigenvalue weighted by molar-refractivity contribution is -0.117. The highest BCUT2D eigenvalue weighted by molar-refractivity contribution is 6.14. The molecule has 1 aromatic carbocycles. The van der Waals surface area contributed by atoms with Crippen LogP contribution in [0.15, 0.2) is 40.6 Å². The highest BCUT2D eigenvalue weighted by Gasteiger charge is 2.32. The molecule has 0 unspecified atom stereocenters. The van der Waals surface area contributed by atoms with Crippen molar-refractivity contribution in [3.63, 3.8) is 0 Å². The number of hydrogen-bond acceptors (Lipinski definition) is 4. The second-order valence-electron chi connectivity index (χ2n) is 6.14. The molecule has 2 N–H and O–H groups in total. The van der Waals surface area contributed by atoms with Crippen LogP contribution in [0.2, 0.25) is 0 Å². The van der Waals surface area contributed by atoms with Crippen molar-refractivity contribution in [1.29, 1.82) is 0 Å². The molecular formula is C16H17N3O2. The van der Waals surface area contributed by atoms with Gasteiger partial charge in [0.05, 0.1) is 16.6 Å². The van der Waals surface area contributed by atoms with E-state index < -0.39 is 0 Å². The predicted molar refractivity (Wildman–Crippen MR) is 81.9 cm³/mol. The van der Waals surface area contributed by atoms with Gasteiger partial charge in [-0.1, -0.05) is 26.0 Å². The van der Waals surface area contributed by atoms with Crippen LogP contribution in [0.1, 0.15) is 26.7 Å². The normalized spacial score (nSPS) is 18.9. The van der Waals surface area contributed by atoms with Gasteiger partial charge < -0.3 is 10.1 Å². The fraction of sp³-hybridized carbons (Fsp3) is 0.312. The van der Waals surface area contributed by atoms with Crippen molar-refractivity contribution in [3.8, 4) is 0 Å². The maximum Gasteiger partial charge on any atom is 0.227 e. The van der Waals surface area contributed by atoms with Gasteiger partial charge in [0, 0.05) is 19.1 Å². The van der Waals surface area contributed by atoms with Gasteiger partial charge in [-0.15, -0.1) is 0 Å². The number of para-hydroxylation sites is 2. The molecule has 0 saturated carbocycles. The van der Waals surface area contributed by atoms with E-state index in [0.29, 0.717) is 18.8 Å². The zero-order valence-electron chi connectivity index (χ0n) is 12.1. The van der Waals surface area contributed by atoms with Crippen LogP contribution in [0.5, 0.6) is 0 Å². The largest absolute Gasteiger partial charge is 0.511 e. The van der Waals surface area contributed by atoms with Gasteiger partial charge in [-0.3, -0.25) is 4.79 Å². The van der Waals surface area contributed by atoms with E-state index in [4.69, 9.17) is 0 Å². The number of carbonyl (C=O) groups excluding carboxylic acids is 1. The van der Waals surface area contributed by atoms with E-state index in [0.717, 1.165) is 11.0 Å². The first-order valence-electron chi connectivity index (χ1n) is 6.89. The highest BCUT2D eigenvalue weighted by atomic mass is 16.3. The van der Waals surface area contributed by atoms with E-state index in [1.807, 2.05) is 38.1 Å². The topological polar surface area (TPSA) is 78.3 Å². The summed E-state index contributed by atoms with van der Waals surface area (Å²) in [5, 5.41) is 10.0. The van der Waals surface area contributed by atoms with Crippen LogP contribution < -0.4 is 0 Å². The summed E-state index contributed by atoms with van der Waals surface area (Å²) in [5.41, 5.74) is 1.80. The minimum atomic E-state index is -0.197. The lowest BCUT2D eigenvalue weighted by Crippen LogP contribution is -2.26. The molecule has 0 radical (unpaired) electrons. The number of H-pyrrole nitrogens is 1. The highest BCUT2D eigenvalue weighted by Crippen LogP contribution is 2.35. The Morgan fingerprint density at radius 1 is 1.33 bits per heavy atom. The summed E-state index contributed by atoms with van der Waals surface area (Å²) in [6.07, 6.45) is 2.31. The van der Waals surface area contributed by atoms with Crippen molar-refractivity contribution in [1.82, 2.24) is 9.97 Å². The number of allylic oxidation sites excluding steroid dienone is 2. The zero-order chi connectivity index (χ0) is 15.0. The quantitative estimate of drug-likeness (QED) is 0.828. The van der Waals surface area contributed by atoms with E-state index in [-0.39, 0.29) is 22.5 Å². The summed E-state index contributed by atoms with van der Waals surface area (Å²) in [4.78, 5) is 23.6. The number of hydrogen-bond donors (Lipinski definition) is 2. The molecule has 1 aliphatic carbocycles. The summed E-state index contributed by atoms with van der Waals surface area (Å²) in [6.45, 7) is 3.93. The van der Waals surface area contributed by atoms with Gasteiger partial charge in [0.25, 0.3) is 0 Å². The third-order valence-electron chi connectivity index (χ3n) is 3.59. The van der Waals surface area contributed by atoms with Crippen molar-refractivity contribution in [2.45, 2.75) is 26.7 Å². The molecule has 0 amide bonds. The van der Waals surface area contributed by atoms with E-state index in [1.165, 1.54) is 6.21 Å². The zero-order valence-corrected chi connectivity index (χ0v) is 12.1. The standard InChI is InChI=1S/C16H17N3O2/c1-16(2)7-13(20)10(14(21)8-16)9-17-15-18-11-5-3-4-6-12(11)19-15/h3-6,9,20H,7-8H2,1-2H3,(H,18,19). The first-order valence-corrected chi connectivity index (χ1v) is 6.89. The van der Waals surface area contributed by atoms with Crippen molar-refractivity contribution in [3.05, 3.63) is 35.6 Å². The number of imidazole rings is 1. The van der Waals surface area contributed by atoms with Crippen LogP contribution >= 0.6 is 0 Å². The average Bonchev–Trinajstić information content (AvgIpc) is 2.78. The molecule has 1 heterocycles. The van der Waals surface area contributed by atoms with Crippen LogP contribution in [0.3, 0.4) is 0 Å². The lowest BCUT2D eigenvalue weighted by Gasteiger charge is -2.28. The maximum absolute atomic E-state index is 12.1. The molecule has 0 bridgehead atoms. The molecule has 5 nitrogen and oxygen atoms in total. The molecule has 5 heteroatoms. The summed E-state index contributed by atoms with van der Waals surface area (Å²) < 4.78 is 0. The number of aliphatic hydroxyl groups excluding tert-OH is 1. The number of aliphatic imine (C=N–C) groups is 1. The number of nitrogens with one attached hydrogen (secondary N) is 1. The summed E-state index contributed by atoms with van der Waals surface area (Å²) in [7, 11) is 0. The number of aliphatic hydroxyl groups is 1. The molecule has 2 aromatic rings. The molecule has 1 aromatic heterocycles. The second kappa shape index (κ2) is 4.84. The minimum Gasteiger partial charge on any atom is -0.511 e. The molecule has 0 atom stereocenters. The number of benzene rings is 1. The number of fused-ring (bicyclic) bond motifs is 1. The summed E-state index contributed by atoms with van der Waals surface area (Å²) in [5.74, 6) is 0.453. The van der Waals surface area contributed by atoms with Gasteiger partial charge in [0.2, 0.25) is 5.95 Å². The van der Waals surface area contributed by atoms with Gasteiger partial charge in [0.1, 0.15) is 5.76 Å². The Hall–Kier alpha value is -2.43. The van der Waals surface area contributed by atoms with Crippen molar-refractivity contribution >= 4 is 29.0 Å². The van der Waals surface area contributed by atoms with Gasteiger partial charge in [0.15, 0.2) is 5.78 Å². The molecule has 21 heavy (non-hydrogen) atoms. The number of aromatic amines is 1. The molecule has 3 rings (SSSR count). The van der Waals surface area contributed by atoms with Crippen molar-refractivity contribution in [2.24, 2.45) is 10.4 Å². The Labute approximate surface area is 122 Å². The summed E-state index contributed by atoms with van der Waals surface area (Å²) in [6, 6.07) is 7.61. The van der Waals surface area contributed by atoms with Gasteiger partial charge in [-0.05, 0) is 17.5 Å². The smallest absolute Gasteiger partial charge is 0.227 e.